The standard InChI is InChI=1S/C18H17ClFN5O3S/c1-21-14-5-3-4-6-16(14)29(27,28)24-23-18(26)12-7-11(8-13(19)17(12)20)15-9-25(2)10-22-15/h3-10,21,24H,1-2H3,(H,23,26). The van der Waals surface area contributed by atoms with Gasteiger partial charge in [0.05, 0.1) is 28.3 Å². The van der Waals surface area contributed by atoms with Crippen molar-refractivity contribution in [3.05, 3.63) is 65.3 Å². The molecule has 3 N–H and O–H groups in total. The molecule has 1 heterocycles. The van der Waals surface area contributed by atoms with Crippen LogP contribution in [0, 0.1) is 5.82 Å². The van der Waals surface area contributed by atoms with E-state index in [2.05, 4.69) is 10.3 Å². The lowest BCUT2D eigenvalue weighted by atomic mass is 10.1. The summed E-state index contributed by atoms with van der Waals surface area (Å²) in [7, 11) is -0.784. The minimum atomic E-state index is -4.10. The first-order valence-electron chi connectivity index (χ1n) is 8.29. The number of carbonyl (C=O) groups excluding carboxylic acids is 1. The number of nitrogens with one attached hydrogen (secondary N) is 3. The van der Waals surface area contributed by atoms with E-state index >= 15 is 0 Å². The molecule has 1 aromatic heterocycles. The van der Waals surface area contributed by atoms with Gasteiger partial charge in [-0.05, 0) is 24.3 Å². The molecule has 0 bridgehead atoms. The minimum absolute atomic E-state index is 0.0801. The van der Waals surface area contributed by atoms with Crippen molar-refractivity contribution in [3.63, 3.8) is 0 Å². The molecule has 3 aromatic rings. The van der Waals surface area contributed by atoms with Gasteiger partial charge in [-0.15, -0.1) is 4.83 Å². The lowest BCUT2D eigenvalue weighted by molar-refractivity contribution is 0.0941. The first-order chi connectivity index (χ1) is 13.7. The Labute approximate surface area is 171 Å². The summed E-state index contributed by atoms with van der Waals surface area (Å²) in [4.78, 5) is 18.5. The van der Waals surface area contributed by atoms with Gasteiger partial charge < -0.3 is 9.88 Å². The van der Waals surface area contributed by atoms with Crippen molar-refractivity contribution in [1.29, 1.82) is 0 Å². The highest BCUT2D eigenvalue weighted by atomic mass is 35.5. The highest BCUT2D eigenvalue weighted by Crippen LogP contribution is 2.27. The average molecular weight is 438 g/mol. The molecule has 8 nitrogen and oxygen atoms in total. The number of hydrogen-bond acceptors (Lipinski definition) is 5. The maximum Gasteiger partial charge on any atom is 0.269 e. The van der Waals surface area contributed by atoms with Crippen molar-refractivity contribution >= 4 is 33.2 Å². The summed E-state index contributed by atoms with van der Waals surface area (Å²) in [6, 6.07) is 8.70. The van der Waals surface area contributed by atoms with E-state index in [-0.39, 0.29) is 9.92 Å². The fourth-order valence-electron chi connectivity index (χ4n) is 2.61. The van der Waals surface area contributed by atoms with Gasteiger partial charge in [-0.25, -0.2) is 17.8 Å². The monoisotopic (exact) mass is 437 g/mol. The highest BCUT2D eigenvalue weighted by molar-refractivity contribution is 7.89. The summed E-state index contributed by atoms with van der Waals surface area (Å²) >= 11 is 5.91. The van der Waals surface area contributed by atoms with Crippen molar-refractivity contribution in [2.75, 3.05) is 12.4 Å². The van der Waals surface area contributed by atoms with Crippen molar-refractivity contribution in [2.45, 2.75) is 4.90 Å². The zero-order valence-electron chi connectivity index (χ0n) is 15.4. The third kappa shape index (κ3) is 4.39. The van der Waals surface area contributed by atoms with E-state index in [0.717, 1.165) is 0 Å². The fraction of sp³-hybridized carbons (Fsp3) is 0.111. The van der Waals surface area contributed by atoms with Crippen LogP contribution in [-0.2, 0) is 17.1 Å². The van der Waals surface area contributed by atoms with Crippen molar-refractivity contribution in [2.24, 2.45) is 7.05 Å². The Morgan fingerprint density at radius 3 is 2.62 bits per heavy atom. The van der Waals surface area contributed by atoms with E-state index in [4.69, 9.17) is 11.6 Å². The Balaban J connectivity index is 1.86. The third-order valence-corrected chi connectivity index (χ3v) is 5.60. The number of rotatable bonds is 6. The van der Waals surface area contributed by atoms with Crippen LogP contribution in [0.4, 0.5) is 10.1 Å². The van der Waals surface area contributed by atoms with Crippen LogP contribution in [-0.4, -0.2) is 30.9 Å². The van der Waals surface area contributed by atoms with E-state index in [1.54, 1.807) is 43.3 Å². The molecule has 0 radical (unpaired) electrons. The van der Waals surface area contributed by atoms with Gasteiger partial charge in [0.25, 0.3) is 15.9 Å². The number of imidazole rings is 1. The van der Waals surface area contributed by atoms with Gasteiger partial charge in [0.2, 0.25) is 0 Å². The van der Waals surface area contributed by atoms with Crippen molar-refractivity contribution in [3.8, 4) is 11.3 Å². The number of aromatic nitrogens is 2. The molecule has 0 spiro atoms. The quantitative estimate of drug-likeness (QED) is 0.514. The fourth-order valence-corrected chi connectivity index (χ4v) is 3.88. The Hall–Kier alpha value is -2.95. The summed E-state index contributed by atoms with van der Waals surface area (Å²) in [6.07, 6.45) is 3.21. The average Bonchev–Trinajstić information content (AvgIpc) is 3.14. The normalized spacial score (nSPS) is 11.3. The molecule has 152 valence electrons. The molecule has 0 aliphatic heterocycles. The summed E-state index contributed by atoms with van der Waals surface area (Å²) < 4.78 is 41.1. The molecule has 2 aromatic carbocycles. The number of carbonyl (C=O) groups is 1. The second-order valence-electron chi connectivity index (χ2n) is 6.05. The number of nitrogens with zero attached hydrogens (tertiary/aromatic N) is 2. The number of hydrogen-bond donors (Lipinski definition) is 3. The number of halogens is 2. The van der Waals surface area contributed by atoms with Crippen LogP contribution < -0.4 is 15.6 Å². The summed E-state index contributed by atoms with van der Waals surface area (Å²) in [5.74, 6) is -1.98. The summed E-state index contributed by atoms with van der Waals surface area (Å²) in [5.41, 5.74) is 2.80. The number of benzene rings is 2. The van der Waals surface area contributed by atoms with E-state index in [1.165, 1.54) is 24.3 Å². The van der Waals surface area contributed by atoms with Crippen LogP contribution in [0.5, 0.6) is 0 Å². The topological polar surface area (TPSA) is 105 Å². The van der Waals surface area contributed by atoms with Crippen LogP contribution in [0.1, 0.15) is 10.4 Å². The molecule has 0 saturated carbocycles. The smallest absolute Gasteiger partial charge is 0.269 e. The second-order valence-corrected chi connectivity index (χ2v) is 8.11. The molecular weight excluding hydrogens is 421 g/mol. The molecule has 1 amide bonds. The van der Waals surface area contributed by atoms with Crippen LogP contribution in [0.15, 0.2) is 53.8 Å². The first kappa shape index (κ1) is 20.8. The molecular formula is C18H17ClFN5O3S. The molecule has 0 unspecified atom stereocenters. The molecule has 0 atom stereocenters. The summed E-state index contributed by atoms with van der Waals surface area (Å²) in [5, 5.41) is 2.46. The third-order valence-electron chi connectivity index (χ3n) is 4.02. The summed E-state index contributed by atoms with van der Waals surface area (Å²) in [6.45, 7) is 0. The Kier molecular flexibility index (Phi) is 5.87. The molecule has 0 fully saturated rings. The van der Waals surface area contributed by atoms with Crippen LogP contribution in [0.3, 0.4) is 0 Å². The van der Waals surface area contributed by atoms with Gasteiger partial charge >= 0.3 is 0 Å². The zero-order valence-corrected chi connectivity index (χ0v) is 17.0. The van der Waals surface area contributed by atoms with Crippen LogP contribution in [0.2, 0.25) is 5.02 Å². The maximum absolute atomic E-state index is 14.4. The molecule has 3 rings (SSSR count). The van der Waals surface area contributed by atoms with E-state index in [9.17, 15) is 17.6 Å². The van der Waals surface area contributed by atoms with Gasteiger partial charge in [0, 0.05) is 25.9 Å². The van der Waals surface area contributed by atoms with Gasteiger partial charge in [-0.3, -0.25) is 10.2 Å². The van der Waals surface area contributed by atoms with Crippen LogP contribution >= 0.6 is 11.6 Å². The van der Waals surface area contributed by atoms with E-state index in [0.29, 0.717) is 16.9 Å². The predicted octanol–water partition coefficient (Wildman–Crippen LogP) is 2.54. The maximum atomic E-state index is 14.4. The number of amides is 1. The second kappa shape index (κ2) is 8.19. The number of aryl methyl sites for hydroxylation is 1. The highest BCUT2D eigenvalue weighted by Gasteiger charge is 2.22. The zero-order chi connectivity index (χ0) is 21.2. The van der Waals surface area contributed by atoms with E-state index in [1.807, 2.05) is 10.3 Å². The number of hydrazine groups is 1. The number of para-hydroxylation sites is 1. The largest absolute Gasteiger partial charge is 0.387 e. The first-order valence-corrected chi connectivity index (χ1v) is 10.2. The van der Waals surface area contributed by atoms with Crippen molar-refractivity contribution in [1.82, 2.24) is 19.8 Å². The van der Waals surface area contributed by atoms with Gasteiger partial charge in [-0.2, -0.15) is 0 Å². The predicted molar refractivity (Wildman–Crippen MR) is 107 cm³/mol. The number of anilines is 1. The Morgan fingerprint density at radius 2 is 1.97 bits per heavy atom. The molecule has 0 saturated heterocycles. The van der Waals surface area contributed by atoms with Crippen LogP contribution in [0.25, 0.3) is 11.3 Å². The molecule has 29 heavy (non-hydrogen) atoms. The van der Waals surface area contributed by atoms with E-state index < -0.39 is 27.3 Å². The Bertz CT molecular complexity index is 1180. The molecule has 11 heteroatoms. The number of sulfonamides is 1. The molecule has 0 aliphatic rings. The lowest BCUT2D eigenvalue weighted by Crippen LogP contribution is -2.42. The molecule has 0 aliphatic carbocycles. The van der Waals surface area contributed by atoms with Gasteiger partial charge in [0.15, 0.2) is 5.82 Å². The SMILES string of the molecule is CNc1ccccc1S(=O)(=O)NNC(=O)c1cc(-c2cn(C)cn2)cc(Cl)c1F. The minimum Gasteiger partial charge on any atom is -0.387 e. The lowest BCUT2D eigenvalue weighted by Gasteiger charge is -2.13. The van der Waals surface area contributed by atoms with Gasteiger partial charge in [-0.1, -0.05) is 23.7 Å². The van der Waals surface area contributed by atoms with Gasteiger partial charge in [0.1, 0.15) is 4.90 Å². The Morgan fingerprint density at radius 1 is 1.24 bits per heavy atom. The van der Waals surface area contributed by atoms with Crippen molar-refractivity contribution < 1.29 is 17.6 Å².